The van der Waals surface area contributed by atoms with Crippen LogP contribution in [-0.4, -0.2) is 4.57 Å². The Balaban J connectivity index is 2.83. The van der Waals surface area contributed by atoms with Crippen molar-refractivity contribution in [3.05, 3.63) is 23.5 Å². The van der Waals surface area contributed by atoms with Gasteiger partial charge in [0.25, 0.3) is 0 Å². The maximum absolute atomic E-state index is 3.93. The molecule has 1 heterocycles. The minimum Gasteiger partial charge on any atom is -0.351 e. The number of hydrogen-bond donors (Lipinski definition) is 2. The molecular formula is C7H12N2S. The summed E-state index contributed by atoms with van der Waals surface area (Å²) in [7, 11) is 2.05. The van der Waals surface area contributed by atoms with Crippen LogP contribution >= 0.6 is 12.8 Å². The minimum absolute atomic E-state index is 0.813. The lowest BCUT2D eigenvalue weighted by molar-refractivity contribution is 0.779. The molecule has 0 aromatic carbocycles. The van der Waals surface area contributed by atoms with E-state index < -0.39 is 0 Å². The SMILES string of the molecule is Cc1ccc(CNS)n1C. The molecule has 0 amide bonds. The van der Waals surface area contributed by atoms with Crippen LogP contribution in [-0.2, 0) is 13.6 Å². The molecular weight excluding hydrogens is 144 g/mol. The summed E-state index contributed by atoms with van der Waals surface area (Å²) in [6.45, 7) is 2.90. The summed E-state index contributed by atoms with van der Waals surface area (Å²) in [4.78, 5) is 0. The first-order chi connectivity index (χ1) is 4.75. The van der Waals surface area contributed by atoms with Crippen LogP contribution in [0.2, 0.25) is 0 Å². The molecule has 0 spiro atoms. The standard InChI is InChI=1S/C7H12N2S/c1-6-3-4-7(5-8-10)9(6)2/h3-4,8,10H,5H2,1-2H3. The van der Waals surface area contributed by atoms with Crippen LogP contribution < -0.4 is 4.72 Å². The van der Waals surface area contributed by atoms with E-state index in [2.05, 4.69) is 48.2 Å². The summed E-state index contributed by atoms with van der Waals surface area (Å²) in [5.41, 5.74) is 2.53. The Hall–Kier alpha value is -0.410. The van der Waals surface area contributed by atoms with Crippen LogP contribution in [0.25, 0.3) is 0 Å². The fourth-order valence-corrected chi connectivity index (χ4v) is 1.09. The van der Waals surface area contributed by atoms with E-state index in [0.717, 1.165) is 6.54 Å². The van der Waals surface area contributed by atoms with Crippen LogP contribution in [0.15, 0.2) is 12.1 Å². The molecule has 0 aliphatic carbocycles. The lowest BCUT2D eigenvalue weighted by Crippen LogP contribution is -2.04. The van der Waals surface area contributed by atoms with E-state index in [0.29, 0.717) is 0 Å². The van der Waals surface area contributed by atoms with Gasteiger partial charge in [0.15, 0.2) is 0 Å². The van der Waals surface area contributed by atoms with Gasteiger partial charge in [-0.15, -0.1) is 0 Å². The van der Waals surface area contributed by atoms with Gasteiger partial charge in [-0.05, 0) is 19.1 Å². The van der Waals surface area contributed by atoms with E-state index in [1.54, 1.807) is 0 Å². The number of hydrogen-bond acceptors (Lipinski definition) is 2. The van der Waals surface area contributed by atoms with Gasteiger partial charge in [0.1, 0.15) is 0 Å². The normalized spacial score (nSPS) is 10.3. The van der Waals surface area contributed by atoms with Gasteiger partial charge < -0.3 is 4.57 Å². The molecule has 0 aliphatic heterocycles. The van der Waals surface area contributed by atoms with E-state index >= 15 is 0 Å². The van der Waals surface area contributed by atoms with E-state index in [9.17, 15) is 0 Å². The van der Waals surface area contributed by atoms with E-state index in [1.807, 2.05) is 0 Å². The van der Waals surface area contributed by atoms with Crippen molar-refractivity contribution in [1.29, 1.82) is 0 Å². The predicted octanol–water partition coefficient (Wildman–Crippen LogP) is 1.27. The molecule has 0 saturated heterocycles. The number of nitrogens with zero attached hydrogens (tertiary/aromatic N) is 1. The third kappa shape index (κ3) is 1.36. The summed E-state index contributed by atoms with van der Waals surface area (Å²) in [5, 5.41) is 0. The van der Waals surface area contributed by atoms with Gasteiger partial charge in [-0.1, -0.05) is 12.8 Å². The molecule has 0 fully saturated rings. The van der Waals surface area contributed by atoms with Crippen molar-refractivity contribution in [3.63, 3.8) is 0 Å². The molecule has 0 saturated carbocycles. The Kier molecular flexibility index (Phi) is 2.40. The number of aryl methyl sites for hydroxylation is 1. The first kappa shape index (κ1) is 7.69. The summed E-state index contributed by atoms with van der Waals surface area (Å²) in [6.07, 6.45) is 0. The first-order valence-corrected chi connectivity index (χ1v) is 3.68. The van der Waals surface area contributed by atoms with Crippen molar-refractivity contribution >= 4 is 12.8 Å². The molecule has 0 atom stereocenters. The molecule has 0 unspecified atom stereocenters. The van der Waals surface area contributed by atoms with E-state index in [-0.39, 0.29) is 0 Å². The highest BCUT2D eigenvalue weighted by Gasteiger charge is 1.97. The molecule has 1 rings (SSSR count). The van der Waals surface area contributed by atoms with Gasteiger partial charge >= 0.3 is 0 Å². The van der Waals surface area contributed by atoms with Crippen LogP contribution in [0, 0.1) is 6.92 Å². The highest BCUT2D eigenvalue weighted by atomic mass is 32.1. The first-order valence-electron chi connectivity index (χ1n) is 3.24. The van der Waals surface area contributed by atoms with Crippen molar-refractivity contribution in [2.75, 3.05) is 0 Å². The maximum atomic E-state index is 3.93. The fourth-order valence-electron chi connectivity index (χ4n) is 0.925. The lowest BCUT2D eigenvalue weighted by Gasteiger charge is -2.02. The highest BCUT2D eigenvalue weighted by Crippen LogP contribution is 2.04. The molecule has 0 aliphatic rings. The summed E-state index contributed by atoms with van der Waals surface area (Å²) >= 11 is 3.93. The second-order valence-corrected chi connectivity index (χ2v) is 2.68. The Bertz CT molecular complexity index is 217. The zero-order chi connectivity index (χ0) is 7.56. The minimum atomic E-state index is 0.813. The molecule has 2 nitrogen and oxygen atoms in total. The topological polar surface area (TPSA) is 17.0 Å². The summed E-state index contributed by atoms with van der Waals surface area (Å²) in [6, 6.07) is 4.19. The lowest BCUT2D eigenvalue weighted by atomic mass is 10.4. The highest BCUT2D eigenvalue weighted by molar-refractivity contribution is 7.78. The molecule has 10 heavy (non-hydrogen) atoms. The molecule has 1 N–H and O–H groups in total. The second kappa shape index (κ2) is 3.12. The zero-order valence-corrected chi connectivity index (χ0v) is 7.15. The van der Waals surface area contributed by atoms with Gasteiger partial charge in [-0.25, -0.2) is 0 Å². The monoisotopic (exact) mass is 156 g/mol. The van der Waals surface area contributed by atoms with Crippen molar-refractivity contribution < 1.29 is 0 Å². The third-order valence-corrected chi connectivity index (χ3v) is 1.90. The van der Waals surface area contributed by atoms with Gasteiger partial charge in [0.05, 0.1) is 0 Å². The maximum Gasteiger partial charge on any atom is 0.0460 e. The van der Waals surface area contributed by atoms with Crippen LogP contribution in [0.3, 0.4) is 0 Å². The largest absolute Gasteiger partial charge is 0.351 e. The van der Waals surface area contributed by atoms with Crippen LogP contribution in [0.5, 0.6) is 0 Å². The molecule has 3 heteroatoms. The zero-order valence-electron chi connectivity index (χ0n) is 6.26. The average Bonchev–Trinajstić information content (AvgIpc) is 2.20. The number of nitrogens with one attached hydrogen (secondary N) is 1. The Morgan fingerprint density at radius 2 is 2.30 bits per heavy atom. The fraction of sp³-hybridized carbons (Fsp3) is 0.429. The van der Waals surface area contributed by atoms with Gasteiger partial charge in [-0.2, -0.15) is 0 Å². The van der Waals surface area contributed by atoms with Gasteiger partial charge in [0.2, 0.25) is 0 Å². The molecule has 0 radical (unpaired) electrons. The Morgan fingerprint density at radius 3 is 2.70 bits per heavy atom. The summed E-state index contributed by atoms with van der Waals surface area (Å²) < 4.78 is 4.95. The van der Waals surface area contributed by atoms with Crippen LogP contribution in [0.4, 0.5) is 0 Å². The average molecular weight is 156 g/mol. The van der Waals surface area contributed by atoms with Crippen molar-refractivity contribution in [2.45, 2.75) is 13.5 Å². The number of rotatable bonds is 2. The molecule has 1 aromatic heterocycles. The second-order valence-electron chi connectivity index (χ2n) is 2.36. The quantitative estimate of drug-likeness (QED) is 0.617. The third-order valence-electron chi connectivity index (χ3n) is 1.74. The van der Waals surface area contributed by atoms with Gasteiger partial charge in [0, 0.05) is 25.0 Å². The Labute approximate surface area is 66.8 Å². The van der Waals surface area contributed by atoms with Crippen molar-refractivity contribution in [2.24, 2.45) is 7.05 Å². The van der Waals surface area contributed by atoms with Crippen molar-refractivity contribution in [1.82, 2.24) is 9.29 Å². The smallest absolute Gasteiger partial charge is 0.0460 e. The van der Waals surface area contributed by atoms with E-state index in [1.165, 1.54) is 11.4 Å². The van der Waals surface area contributed by atoms with Crippen LogP contribution in [0.1, 0.15) is 11.4 Å². The number of aromatic nitrogens is 1. The predicted molar refractivity (Wildman–Crippen MR) is 46.0 cm³/mol. The Morgan fingerprint density at radius 1 is 1.60 bits per heavy atom. The van der Waals surface area contributed by atoms with Crippen molar-refractivity contribution in [3.8, 4) is 0 Å². The molecule has 56 valence electrons. The summed E-state index contributed by atoms with van der Waals surface area (Å²) in [5.74, 6) is 0. The molecule has 0 bridgehead atoms. The van der Waals surface area contributed by atoms with Gasteiger partial charge in [-0.3, -0.25) is 4.72 Å². The molecule has 1 aromatic rings. The number of thiol groups is 1. The van der Waals surface area contributed by atoms with E-state index in [4.69, 9.17) is 0 Å².